The first kappa shape index (κ1) is 11.8. The summed E-state index contributed by atoms with van der Waals surface area (Å²) in [6.07, 6.45) is 14.1. The molecule has 0 aromatic carbocycles. The summed E-state index contributed by atoms with van der Waals surface area (Å²) in [5, 5.41) is 3.80. The van der Waals surface area contributed by atoms with Gasteiger partial charge in [-0.25, -0.2) is 0 Å². The SMILES string of the molecule is CCNC(C1=CCCCC1)C1C2CCCCC21. The van der Waals surface area contributed by atoms with Gasteiger partial charge in [-0.15, -0.1) is 0 Å². The van der Waals surface area contributed by atoms with Gasteiger partial charge in [-0.2, -0.15) is 0 Å². The third-order valence-electron chi connectivity index (χ3n) is 5.26. The number of rotatable bonds is 4. The molecule has 17 heavy (non-hydrogen) atoms. The second-order valence-electron chi connectivity index (χ2n) is 6.25. The second-order valence-corrected chi connectivity index (χ2v) is 6.25. The Balaban J connectivity index is 1.69. The fraction of sp³-hybridized carbons (Fsp3) is 0.875. The highest BCUT2D eigenvalue weighted by molar-refractivity contribution is 5.21. The molecule has 2 saturated carbocycles. The highest BCUT2D eigenvalue weighted by atomic mass is 14.9. The van der Waals surface area contributed by atoms with E-state index in [1.54, 1.807) is 5.57 Å². The van der Waals surface area contributed by atoms with Crippen LogP contribution in [0.25, 0.3) is 0 Å². The largest absolute Gasteiger partial charge is 0.310 e. The van der Waals surface area contributed by atoms with Gasteiger partial charge >= 0.3 is 0 Å². The van der Waals surface area contributed by atoms with E-state index in [0.717, 1.165) is 30.3 Å². The van der Waals surface area contributed by atoms with Crippen LogP contribution >= 0.6 is 0 Å². The molecule has 0 saturated heterocycles. The lowest BCUT2D eigenvalue weighted by molar-refractivity contribution is 0.466. The van der Waals surface area contributed by atoms with E-state index in [4.69, 9.17) is 0 Å². The summed E-state index contributed by atoms with van der Waals surface area (Å²) in [4.78, 5) is 0. The predicted octanol–water partition coefficient (Wildman–Crippen LogP) is 3.90. The van der Waals surface area contributed by atoms with Crippen molar-refractivity contribution >= 4 is 0 Å². The third kappa shape index (κ3) is 2.31. The van der Waals surface area contributed by atoms with E-state index in [-0.39, 0.29) is 0 Å². The van der Waals surface area contributed by atoms with Crippen molar-refractivity contribution in [2.75, 3.05) is 6.54 Å². The summed E-state index contributed by atoms with van der Waals surface area (Å²) in [5.41, 5.74) is 1.76. The van der Waals surface area contributed by atoms with E-state index in [1.807, 2.05) is 0 Å². The van der Waals surface area contributed by atoms with Gasteiger partial charge in [-0.1, -0.05) is 31.4 Å². The zero-order valence-corrected chi connectivity index (χ0v) is 11.3. The van der Waals surface area contributed by atoms with Crippen LogP contribution in [0.4, 0.5) is 0 Å². The molecule has 0 spiro atoms. The average molecular weight is 233 g/mol. The Labute approximate surface area is 106 Å². The molecule has 96 valence electrons. The van der Waals surface area contributed by atoms with Crippen molar-refractivity contribution in [3.8, 4) is 0 Å². The van der Waals surface area contributed by atoms with Crippen LogP contribution in [0.3, 0.4) is 0 Å². The molecule has 3 aliphatic carbocycles. The number of nitrogens with one attached hydrogen (secondary N) is 1. The van der Waals surface area contributed by atoms with E-state index in [1.165, 1.54) is 51.4 Å². The molecule has 0 heterocycles. The molecule has 3 aliphatic rings. The van der Waals surface area contributed by atoms with Crippen LogP contribution in [0.5, 0.6) is 0 Å². The molecule has 3 rings (SSSR count). The molecule has 1 nitrogen and oxygen atoms in total. The van der Waals surface area contributed by atoms with Crippen LogP contribution < -0.4 is 5.32 Å². The maximum atomic E-state index is 3.80. The molecule has 0 aromatic rings. The molecule has 3 atom stereocenters. The van der Waals surface area contributed by atoms with Gasteiger partial charge in [0.25, 0.3) is 0 Å². The van der Waals surface area contributed by atoms with Gasteiger partial charge in [0, 0.05) is 6.04 Å². The van der Waals surface area contributed by atoms with Crippen LogP contribution in [0.15, 0.2) is 11.6 Å². The van der Waals surface area contributed by atoms with Crippen molar-refractivity contribution in [2.24, 2.45) is 17.8 Å². The quantitative estimate of drug-likeness (QED) is 0.726. The molecule has 0 bridgehead atoms. The highest BCUT2D eigenvalue weighted by Crippen LogP contribution is 2.58. The highest BCUT2D eigenvalue weighted by Gasteiger charge is 2.54. The average Bonchev–Trinajstić information content (AvgIpc) is 3.11. The summed E-state index contributed by atoms with van der Waals surface area (Å²) in [5.74, 6) is 3.16. The summed E-state index contributed by atoms with van der Waals surface area (Å²) < 4.78 is 0. The van der Waals surface area contributed by atoms with Crippen LogP contribution in [-0.2, 0) is 0 Å². The summed E-state index contributed by atoms with van der Waals surface area (Å²) in [6, 6.07) is 0.744. The monoisotopic (exact) mass is 233 g/mol. The number of allylic oxidation sites excluding steroid dienone is 1. The molecule has 1 heteroatoms. The first-order valence-electron chi connectivity index (χ1n) is 7.84. The minimum atomic E-state index is 0.744. The standard InChI is InChI=1S/C16H27N/c1-2-17-16(12-8-4-3-5-9-12)15-13-10-6-7-11-14(13)15/h8,13-17H,2-7,9-11H2,1H3. The van der Waals surface area contributed by atoms with E-state index in [9.17, 15) is 0 Å². The van der Waals surface area contributed by atoms with Crippen LogP contribution in [-0.4, -0.2) is 12.6 Å². The van der Waals surface area contributed by atoms with E-state index in [0.29, 0.717) is 0 Å². The van der Waals surface area contributed by atoms with Crippen molar-refractivity contribution in [1.82, 2.24) is 5.32 Å². The number of hydrogen-bond acceptors (Lipinski definition) is 1. The Kier molecular flexibility index (Phi) is 3.56. The van der Waals surface area contributed by atoms with E-state index < -0.39 is 0 Å². The molecule has 0 amide bonds. The zero-order valence-electron chi connectivity index (χ0n) is 11.3. The van der Waals surface area contributed by atoms with Crippen molar-refractivity contribution in [2.45, 2.75) is 64.3 Å². The van der Waals surface area contributed by atoms with Crippen molar-refractivity contribution < 1.29 is 0 Å². The molecular formula is C16H27N. The van der Waals surface area contributed by atoms with E-state index in [2.05, 4.69) is 18.3 Å². The lowest BCUT2D eigenvalue weighted by Gasteiger charge is -2.25. The molecule has 0 aliphatic heterocycles. The van der Waals surface area contributed by atoms with Crippen LogP contribution in [0, 0.1) is 17.8 Å². The molecule has 1 N–H and O–H groups in total. The van der Waals surface area contributed by atoms with Crippen LogP contribution in [0.1, 0.15) is 58.3 Å². The third-order valence-corrected chi connectivity index (χ3v) is 5.26. The van der Waals surface area contributed by atoms with Gasteiger partial charge in [0.1, 0.15) is 0 Å². The Hall–Kier alpha value is -0.300. The Bertz CT molecular complexity index is 282. The molecular weight excluding hydrogens is 206 g/mol. The normalized spacial score (nSPS) is 38.2. The lowest BCUT2D eigenvalue weighted by atomic mass is 9.90. The van der Waals surface area contributed by atoms with Gasteiger partial charge in [0.15, 0.2) is 0 Å². The van der Waals surface area contributed by atoms with Gasteiger partial charge in [-0.3, -0.25) is 0 Å². The molecule has 2 fully saturated rings. The van der Waals surface area contributed by atoms with Gasteiger partial charge in [-0.05, 0) is 62.8 Å². The molecule has 0 radical (unpaired) electrons. The summed E-state index contributed by atoms with van der Waals surface area (Å²) in [7, 11) is 0. The Morgan fingerprint density at radius 2 is 1.94 bits per heavy atom. The van der Waals surface area contributed by atoms with E-state index >= 15 is 0 Å². The van der Waals surface area contributed by atoms with Crippen molar-refractivity contribution in [3.05, 3.63) is 11.6 Å². The molecule has 3 unspecified atom stereocenters. The maximum Gasteiger partial charge on any atom is 0.0313 e. The minimum absolute atomic E-state index is 0.744. The number of likely N-dealkylation sites (N-methyl/N-ethyl adjacent to an activating group) is 1. The number of hydrogen-bond donors (Lipinski definition) is 1. The topological polar surface area (TPSA) is 12.0 Å². The fourth-order valence-electron chi connectivity index (χ4n) is 4.42. The predicted molar refractivity (Wildman–Crippen MR) is 73.0 cm³/mol. The smallest absolute Gasteiger partial charge is 0.0313 e. The van der Waals surface area contributed by atoms with Crippen molar-refractivity contribution in [3.63, 3.8) is 0 Å². The fourth-order valence-corrected chi connectivity index (χ4v) is 4.42. The summed E-state index contributed by atoms with van der Waals surface area (Å²) in [6.45, 7) is 3.40. The first-order valence-corrected chi connectivity index (χ1v) is 7.84. The zero-order chi connectivity index (χ0) is 11.7. The molecule has 0 aromatic heterocycles. The first-order chi connectivity index (χ1) is 8.42. The minimum Gasteiger partial charge on any atom is -0.310 e. The Morgan fingerprint density at radius 3 is 2.53 bits per heavy atom. The second kappa shape index (κ2) is 5.14. The maximum absolute atomic E-state index is 3.80. The van der Waals surface area contributed by atoms with Crippen molar-refractivity contribution in [1.29, 1.82) is 0 Å². The van der Waals surface area contributed by atoms with Gasteiger partial charge < -0.3 is 5.32 Å². The van der Waals surface area contributed by atoms with Gasteiger partial charge in [0.2, 0.25) is 0 Å². The van der Waals surface area contributed by atoms with Gasteiger partial charge in [0.05, 0.1) is 0 Å². The Morgan fingerprint density at radius 1 is 1.18 bits per heavy atom. The van der Waals surface area contributed by atoms with Crippen LogP contribution in [0.2, 0.25) is 0 Å². The number of fused-ring (bicyclic) bond motifs is 1. The summed E-state index contributed by atoms with van der Waals surface area (Å²) >= 11 is 0. The lowest BCUT2D eigenvalue weighted by Crippen LogP contribution is -2.34.